The third-order valence-electron chi connectivity index (χ3n) is 10.4. The summed E-state index contributed by atoms with van der Waals surface area (Å²) in [6.07, 6.45) is 10.7. The van der Waals surface area contributed by atoms with Crippen molar-refractivity contribution in [2.75, 3.05) is 13.7 Å². The van der Waals surface area contributed by atoms with Crippen LogP contribution >= 0.6 is 0 Å². The summed E-state index contributed by atoms with van der Waals surface area (Å²) < 4.78 is 37.6. The van der Waals surface area contributed by atoms with Crippen LogP contribution in [-0.4, -0.2) is 78.4 Å². The smallest absolute Gasteiger partial charge is 0.316 e. The van der Waals surface area contributed by atoms with E-state index in [4.69, 9.17) is 28.4 Å². The fourth-order valence-corrected chi connectivity index (χ4v) is 7.87. The zero-order valence-electron chi connectivity index (χ0n) is 24.8. The molecule has 6 aliphatic rings. The van der Waals surface area contributed by atoms with E-state index < -0.39 is 41.6 Å². The number of hydrogen-bond acceptors (Lipinski definition) is 8. The van der Waals surface area contributed by atoms with Gasteiger partial charge in [0.2, 0.25) is 0 Å². The van der Waals surface area contributed by atoms with Crippen LogP contribution in [0.25, 0.3) is 0 Å². The first-order chi connectivity index (χ1) is 19.0. The zero-order valence-corrected chi connectivity index (χ0v) is 24.8. The van der Waals surface area contributed by atoms with Crippen LogP contribution in [0.3, 0.4) is 0 Å². The van der Waals surface area contributed by atoms with Gasteiger partial charge in [-0.25, -0.2) is 0 Å². The lowest BCUT2D eigenvalue weighted by molar-refractivity contribution is -0.333. The van der Waals surface area contributed by atoms with Crippen LogP contribution in [0.5, 0.6) is 0 Å². The van der Waals surface area contributed by atoms with Crippen LogP contribution in [0.1, 0.15) is 73.1 Å². The van der Waals surface area contributed by atoms with Crippen molar-refractivity contribution in [3.63, 3.8) is 0 Å². The molecule has 0 aromatic rings. The Labute approximate surface area is 238 Å². The highest BCUT2D eigenvalue weighted by molar-refractivity contribution is 5.78. The number of esters is 1. The topological polar surface area (TPSA) is 96.0 Å². The minimum atomic E-state index is -1.56. The molecule has 5 aliphatic heterocycles. The number of hydrogen-bond donors (Lipinski definition) is 1. The molecule has 4 fully saturated rings. The van der Waals surface area contributed by atoms with Gasteiger partial charge >= 0.3 is 5.97 Å². The minimum Gasteiger partial charge on any atom is -0.462 e. The van der Waals surface area contributed by atoms with Gasteiger partial charge in [0.05, 0.1) is 30.5 Å². The molecule has 6 rings (SSSR count). The highest BCUT2D eigenvalue weighted by Crippen LogP contribution is 2.50. The van der Waals surface area contributed by atoms with Gasteiger partial charge in [-0.2, -0.15) is 0 Å². The van der Waals surface area contributed by atoms with E-state index in [1.54, 1.807) is 7.11 Å². The van der Waals surface area contributed by atoms with E-state index in [2.05, 4.69) is 33.8 Å². The standard InChI is InChI=1S/C32H46O8/c1-18-8-7-9-22-17-36-28-27(35-6)20(3)12-25(32(22,28)34)29(33)37-24-13-23(14-26-30(5,15-18)40-26)39-31(16-24)11-10-19(2)21(4)38-31/h7-9,12,18-19,21,23-28,34H,10-11,13-17H2,1-6H3/b8-7+,22-9+/t18-,19-,21+,23-,24-,25?,26?,27+,28+,30?,31-,32+/m0/s1. The third-order valence-corrected chi connectivity index (χ3v) is 10.4. The Hall–Kier alpha value is -1.55. The van der Waals surface area contributed by atoms with Crippen molar-refractivity contribution >= 4 is 5.97 Å². The number of allylic oxidation sites excluding steroid dienone is 3. The van der Waals surface area contributed by atoms with Gasteiger partial charge in [-0.15, -0.1) is 0 Å². The van der Waals surface area contributed by atoms with Crippen LogP contribution < -0.4 is 0 Å². The maximum atomic E-state index is 14.0. The molecule has 222 valence electrons. The van der Waals surface area contributed by atoms with Crippen LogP contribution in [0.2, 0.25) is 0 Å². The molecule has 1 aliphatic carbocycles. The Kier molecular flexibility index (Phi) is 7.37. The molecule has 1 N–H and O–H groups in total. The molecule has 4 saturated heterocycles. The predicted molar refractivity (Wildman–Crippen MR) is 147 cm³/mol. The Balaban J connectivity index is 1.36. The molecule has 5 heterocycles. The fourth-order valence-electron chi connectivity index (χ4n) is 7.87. The molecule has 1 spiro atoms. The van der Waals surface area contributed by atoms with Crippen molar-refractivity contribution in [1.29, 1.82) is 0 Å². The maximum Gasteiger partial charge on any atom is 0.316 e. The lowest BCUT2D eigenvalue weighted by Crippen LogP contribution is -2.58. The van der Waals surface area contributed by atoms with E-state index in [1.807, 2.05) is 25.2 Å². The summed E-state index contributed by atoms with van der Waals surface area (Å²) in [4.78, 5) is 14.0. The monoisotopic (exact) mass is 558 g/mol. The van der Waals surface area contributed by atoms with Crippen LogP contribution in [0.15, 0.2) is 35.5 Å². The van der Waals surface area contributed by atoms with Gasteiger partial charge in [0, 0.05) is 32.8 Å². The second kappa shape index (κ2) is 10.3. The van der Waals surface area contributed by atoms with Gasteiger partial charge in [0.15, 0.2) is 5.79 Å². The number of carbonyl (C=O) groups is 1. The van der Waals surface area contributed by atoms with Crippen molar-refractivity contribution in [2.24, 2.45) is 17.8 Å². The van der Waals surface area contributed by atoms with Crippen LogP contribution in [0.4, 0.5) is 0 Å². The number of rotatable bonds is 1. The summed E-state index contributed by atoms with van der Waals surface area (Å²) >= 11 is 0. The first-order valence-electron chi connectivity index (χ1n) is 15.1. The summed E-state index contributed by atoms with van der Waals surface area (Å²) in [5, 5.41) is 12.3. The number of fused-ring (bicyclic) bond motifs is 3. The minimum absolute atomic E-state index is 0.0523. The number of carbonyl (C=O) groups excluding carboxylic acids is 1. The molecule has 40 heavy (non-hydrogen) atoms. The van der Waals surface area contributed by atoms with E-state index in [0.29, 0.717) is 24.3 Å². The van der Waals surface area contributed by atoms with Crippen LogP contribution in [-0.2, 0) is 33.2 Å². The molecule has 0 saturated carbocycles. The Bertz CT molecular complexity index is 1100. The van der Waals surface area contributed by atoms with Crippen LogP contribution in [0, 0.1) is 17.8 Å². The molecule has 12 atom stereocenters. The summed E-state index contributed by atoms with van der Waals surface area (Å²) in [5.74, 6) is -1.44. The largest absolute Gasteiger partial charge is 0.462 e. The number of ether oxygens (including phenoxy) is 6. The van der Waals surface area contributed by atoms with Gasteiger partial charge in [0.1, 0.15) is 29.8 Å². The first-order valence-corrected chi connectivity index (χ1v) is 15.1. The summed E-state index contributed by atoms with van der Waals surface area (Å²) in [7, 11) is 1.60. The van der Waals surface area contributed by atoms with E-state index in [1.165, 1.54) is 0 Å². The summed E-state index contributed by atoms with van der Waals surface area (Å²) in [6, 6.07) is 0. The average Bonchev–Trinajstić information content (AvgIpc) is 3.37. The van der Waals surface area contributed by atoms with E-state index in [9.17, 15) is 9.90 Å². The van der Waals surface area contributed by atoms with Crippen molar-refractivity contribution in [3.05, 3.63) is 35.5 Å². The second-order valence-corrected chi connectivity index (χ2v) is 13.5. The van der Waals surface area contributed by atoms with Gasteiger partial charge in [-0.1, -0.05) is 38.2 Å². The molecule has 8 nitrogen and oxygen atoms in total. The number of methoxy groups -OCH3 is 1. The third kappa shape index (κ3) is 4.92. The normalized spacial score (nSPS) is 53.0. The molecule has 0 amide bonds. The molecule has 3 unspecified atom stereocenters. The summed E-state index contributed by atoms with van der Waals surface area (Å²) in [6.45, 7) is 10.8. The van der Waals surface area contributed by atoms with Crippen molar-refractivity contribution < 1.29 is 38.3 Å². The average molecular weight is 559 g/mol. The van der Waals surface area contributed by atoms with E-state index >= 15 is 0 Å². The summed E-state index contributed by atoms with van der Waals surface area (Å²) in [5.41, 5.74) is -0.270. The van der Waals surface area contributed by atoms with Crippen molar-refractivity contribution in [1.82, 2.24) is 0 Å². The van der Waals surface area contributed by atoms with Gasteiger partial charge in [0.25, 0.3) is 0 Å². The fraction of sp³-hybridized carbons (Fsp3) is 0.781. The van der Waals surface area contributed by atoms with Crippen molar-refractivity contribution in [3.8, 4) is 0 Å². The molecular formula is C32H46O8. The first kappa shape index (κ1) is 28.6. The Morgan fingerprint density at radius 1 is 1.07 bits per heavy atom. The second-order valence-electron chi connectivity index (χ2n) is 13.5. The molecule has 0 aromatic heterocycles. The maximum absolute atomic E-state index is 14.0. The predicted octanol–water partition coefficient (Wildman–Crippen LogP) is 4.40. The highest BCUT2D eigenvalue weighted by atomic mass is 16.7. The van der Waals surface area contributed by atoms with Gasteiger partial charge in [-0.3, -0.25) is 4.79 Å². The molecular weight excluding hydrogens is 512 g/mol. The lowest BCUT2D eigenvalue weighted by atomic mass is 9.70. The lowest BCUT2D eigenvalue weighted by Gasteiger charge is -2.49. The van der Waals surface area contributed by atoms with E-state index in [0.717, 1.165) is 31.3 Å². The molecule has 0 radical (unpaired) electrons. The Morgan fingerprint density at radius 3 is 2.62 bits per heavy atom. The molecule has 0 aromatic carbocycles. The SMILES string of the molecule is CO[C@@H]1C(C)=CC2C(=O)O[C@H]3C[C@@H](CC4OC4(C)C[C@@H](C)/C=C/C=C4\CO[C@H]1[C@@]42O)O[C@@]1(CC[C@H](C)[C@@H](C)O1)C3. The highest BCUT2D eigenvalue weighted by Gasteiger charge is 2.61. The van der Waals surface area contributed by atoms with Crippen molar-refractivity contribution in [2.45, 2.75) is 127 Å². The molecule has 2 bridgehead atoms. The number of aliphatic hydroxyl groups is 1. The Morgan fingerprint density at radius 2 is 1.88 bits per heavy atom. The molecule has 8 heteroatoms. The van der Waals surface area contributed by atoms with E-state index in [-0.39, 0.29) is 36.4 Å². The zero-order chi connectivity index (χ0) is 28.4. The van der Waals surface area contributed by atoms with Gasteiger partial charge < -0.3 is 33.5 Å². The number of epoxide rings is 1. The van der Waals surface area contributed by atoms with Gasteiger partial charge in [-0.05, 0) is 56.6 Å². The quantitative estimate of drug-likeness (QED) is 0.288.